The second-order valence-corrected chi connectivity index (χ2v) is 7.89. The van der Waals surface area contributed by atoms with Crippen molar-refractivity contribution in [3.05, 3.63) is 42.6 Å². The number of alkyl halides is 7. The molecule has 0 unspecified atom stereocenters. The van der Waals surface area contributed by atoms with Crippen LogP contribution in [0.25, 0.3) is 0 Å². The van der Waals surface area contributed by atoms with Gasteiger partial charge in [-0.05, 0) is 13.0 Å². The van der Waals surface area contributed by atoms with Crippen LogP contribution < -0.4 is 15.0 Å². The van der Waals surface area contributed by atoms with E-state index < -0.39 is 60.0 Å². The Labute approximate surface area is 193 Å². The molecule has 0 saturated heterocycles. The second-order valence-electron chi connectivity index (χ2n) is 7.51. The third kappa shape index (κ3) is 5.48. The van der Waals surface area contributed by atoms with Crippen LogP contribution in [-0.4, -0.2) is 50.7 Å². The summed E-state index contributed by atoms with van der Waals surface area (Å²) in [5, 5.41) is 2.37. The molecule has 1 aliphatic rings. The van der Waals surface area contributed by atoms with Gasteiger partial charge in [0.25, 0.3) is 23.4 Å². The summed E-state index contributed by atoms with van der Waals surface area (Å²) in [6.07, 6.45) is -2.28. The Kier molecular flexibility index (Phi) is 6.92. The van der Waals surface area contributed by atoms with Crippen molar-refractivity contribution in [2.45, 2.75) is 49.3 Å². The number of hydrogen-bond acceptors (Lipinski definition) is 6. The maximum absolute atomic E-state index is 14.0. The molecule has 2 amide bonds. The highest BCUT2D eigenvalue weighted by Crippen LogP contribution is 2.40. The molecule has 8 nitrogen and oxygen atoms in total. The number of aromatic nitrogens is 3. The SMILES string of the molecule is C[C@](C(=O)NC1CC(F)(F)C1)(c1cncnc1)N(C(=O)[C@H](F)Cl)c1ccc(OC(F)(F)F)nc1. The van der Waals surface area contributed by atoms with E-state index in [0.29, 0.717) is 4.90 Å². The molecule has 0 spiro atoms. The van der Waals surface area contributed by atoms with Crippen LogP contribution in [0, 0.1) is 0 Å². The molecular weight excluding hydrogens is 496 g/mol. The van der Waals surface area contributed by atoms with E-state index in [1.54, 1.807) is 0 Å². The molecule has 2 aromatic heterocycles. The van der Waals surface area contributed by atoms with Gasteiger partial charge in [-0.15, -0.1) is 13.2 Å². The van der Waals surface area contributed by atoms with E-state index in [-0.39, 0.29) is 11.3 Å². The Morgan fingerprint density at radius 3 is 2.29 bits per heavy atom. The zero-order valence-corrected chi connectivity index (χ0v) is 17.9. The van der Waals surface area contributed by atoms with Crippen molar-refractivity contribution in [1.82, 2.24) is 20.3 Å². The lowest BCUT2D eigenvalue weighted by atomic mass is 9.85. The number of carbonyl (C=O) groups is 2. The van der Waals surface area contributed by atoms with Crippen LogP contribution in [0.1, 0.15) is 25.3 Å². The van der Waals surface area contributed by atoms with E-state index >= 15 is 0 Å². The lowest BCUT2D eigenvalue weighted by Crippen LogP contribution is -2.62. The largest absolute Gasteiger partial charge is 0.574 e. The normalized spacial score (nSPS) is 18.2. The Morgan fingerprint density at radius 2 is 1.82 bits per heavy atom. The Hall–Kier alpha value is -3.16. The fourth-order valence-electron chi connectivity index (χ4n) is 3.39. The topological polar surface area (TPSA) is 97.3 Å². The number of pyridine rings is 1. The Balaban J connectivity index is 2.06. The molecule has 0 radical (unpaired) electrons. The smallest absolute Gasteiger partial charge is 0.388 e. The van der Waals surface area contributed by atoms with Crippen LogP contribution in [-0.2, 0) is 15.1 Å². The number of halogens is 7. The van der Waals surface area contributed by atoms with E-state index in [0.717, 1.165) is 44.0 Å². The Bertz CT molecular complexity index is 1030. The van der Waals surface area contributed by atoms with Crippen LogP contribution in [0.5, 0.6) is 5.88 Å². The molecule has 2 aromatic rings. The molecule has 0 bridgehead atoms. The van der Waals surface area contributed by atoms with E-state index in [4.69, 9.17) is 11.6 Å². The molecule has 1 fully saturated rings. The summed E-state index contributed by atoms with van der Waals surface area (Å²) in [7, 11) is 0. The minimum Gasteiger partial charge on any atom is -0.388 e. The summed E-state index contributed by atoms with van der Waals surface area (Å²) in [6.45, 7) is 1.15. The quantitative estimate of drug-likeness (QED) is 0.452. The first-order chi connectivity index (χ1) is 15.7. The lowest BCUT2D eigenvalue weighted by Gasteiger charge is -2.43. The molecule has 1 aliphatic carbocycles. The monoisotopic (exact) mass is 511 g/mol. The van der Waals surface area contributed by atoms with Crippen molar-refractivity contribution in [3.63, 3.8) is 0 Å². The summed E-state index contributed by atoms with van der Waals surface area (Å²) in [6, 6.07) is 0.704. The van der Waals surface area contributed by atoms with Gasteiger partial charge in [0.1, 0.15) is 6.33 Å². The molecule has 3 rings (SSSR count). The predicted molar refractivity (Wildman–Crippen MR) is 105 cm³/mol. The van der Waals surface area contributed by atoms with Gasteiger partial charge in [-0.3, -0.25) is 14.5 Å². The van der Waals surface area contributed by atoms with Gasteiger partial charge in [-0.2, -0.15) is 0 Å². The highest BCUT2D eigenvalue weighted by Gasteiger charge is 2.51. The van der Waals surface area contributed by atoms with Crippen molar-refractivity contribution < 1.29 is 40.7 Å². The maximum atomic E-state index is 14.0. The van der Waals surface area contributed by atoms with Gasteiger partial charge in [0, 0.05) is 42.9 Å². The fourth-order valence-corrected chi connectivity index (χ4v) is 3.49. The maximum Gasteiger partial charge on any atom is 0.574 e. The van der Waals surface area contributed by atoms with Crippen LogP contribution >= 0.6 is 11.6 Å². The molecular formula is C19H16ClF6N5O3. The van der Waals surface area contributed by atoms with Crippen molar-refractivity contribution in [2.75, 3.05) is 4.90 Å². The molecule has 0 aliphatic heterocycles. The van der Waals surface area contributed by atoms with Gasteiger partial charge in [0.15, 0.2) is 5.54 Å². The number of anilines is 1. The molecule has 1 saturated carbocycles. The molecule has 2 atom stereocenters. The number of nitrogens with zero attached hydrogens (tertiary/aromatic N) is 4. The average Bonchev–Trinajstić information content (AvgIpc) is 2.73. The minimum absolute atomic E-state index is 0.0696. The summed E-state index contributed by atoms with van der Waals surface area (Å²) in [4.78, 5) is 37.6. The third-order valence-electron chi connectivity index (χ3n) is 5.04. The number of hydrogen-bond donors (Lipinski definition) is 1. The summed E-state index contributed by atoms with van der Waals surface area (Å²) in [5.74, 6) is -6.35. The van der Waals surface area contributed by atoms with Crippen LogP contribution in [0.4, 0.5) is 32.0 Å². The van der Waals surface area contributed by atoms with Gasteiger partial charge in [0.05, 0.1) is 11.9 Å². The van der Waals surface area contributed by atoms with Crippen molar-refractivity contribution in [2.24, 2.45) is 0 Å². The van der Waals surface area contributed by atoms with E-state index in [1.807, 2.05) is 0 Å². The predicted octanol–water partition coefficient (Wildman–Crippen LogP) is 3.47. The molecule has 2 heterocycles. The van der Waals surface area contributed by atoms with Gasteiger partial charge in [0.2, 0.25) is 5.88 Å². The number of ether oxygens (including phenoxy) is 1. The molecule has 184 valence electrons. The number of amides is 2. The first-order valence-electron chi connectivity index (χ1n) is 9.51. The third-order valence-corrected chi connectivity index (χ3v) is 5.23. The van der Waals surface area contributed by atoms with Gasteiger partial charge >= 0.3 is 6.36 Å². The number of carbonyl (C=O) groups excluding carboxylic acids is 2. The zero-order chi connectivity index (χ0) is 25.3. The minimum atomic E-state index is -5.05. The van der Waals surface area contributed by atoms with Crippen molar-refractivity contribution in [1.29, 1.82) is 0 Å². The first-order valence-corrected chi connectivity index (χ1v) is 9.95. The Morgan fingerprint density at radius 1 is 1.21 bits per heavy atom. The molecule has 0 aromatic carbocycles. The van der Waals surface area contributed by atoms with Crippen LogP contribution in [0.3, 0.4) is 0 Å². The highest BCUT2D eigenvalue weighted by molar-refractivity contribution is 6.32. The number of rotatable bonds is 7. The van der Waals surface area contributed by atoms with Gasteiger partial charge in [-0.1, -0.05) is 11.6 Å². The number of nitrogens with one attached hydrogen (secondary N) is 1. The summed E-state index contributed by atoms with van der Waals surface area (Å²) < 4.78 is 81.6. The zero-order valence-electron chi connectivity index (χ0n) is 17.2. The molecule has 34 heavy (non-hydrogen) atoms. The summed E-state index contributed by atoms with van der Waals surface area (Å²) >= 11 is 5.36. The van der Waals surface area contributed by atoms with Gasteiger partial charge < -0.3 is 10.1 Å². The van der Waals surface area contributed by atoms with E-state index in [1.165, 1.54) is 0 Å². The van der Waals surface area contributed by atoms with Crippen molar-refractivity contribution >= 4 is 29.1 Å². The second kappa shape index (κ2) is 9.24. The van der Waals surface area contributed by atoms with E-state index in [9.17, 15) is 35.9 Å². The van der Waals surface area contributed by atoms with Crippen LogP contribution in [0.15, 0.2) is 37.1 Å². The van der Waals surface area contributed by atoms with Crippen molar-refractivity contribution in [3.8, 4) is 5.88 Å². The fraction of sp³-hybridized carbons (Fsp3) is 0.421. The lowest BCUT2D eigenvalue weighted by molar-refractivity contribution is -0.276. The van der Waals surface area contributed by atoms with Gasteiger partial charge in [-0.25, -0.2) is 28.1 Å². The highest BCUT2D eigenvalue weighted by atomic mass is 35.5. The first kappa shape index (κ1) is 25.5. The standard InChI is InChI=1S/C19H16ClF6N5O3/c1-17(10-6-27-9-28-7-10,16(33)30-11-4-18(22,23)5-11)31(15(32)14(20)21)12-2-3-13(29-8-12)34-19(24,25)26/h2-3,6-9,11,14H,4-5H2,1H3,(H,30,33)/t14-,17+/m0/s1. The molecule has 1 N–H and O–H groups in total. The van der Waals surface area contributed by atoms with Crippen LogP contribution in [0.2, 0.25) is 0 Å². The molecule has 15 heteroatoms. The summed E-state index contributed by atoms with van der Waals surface area (Å²) in [5.41, 5.74) is -5.27. The average molecular weight is 512 g/mol. The van der Waals surface area contributed by atoms with E-state index in [2.05, 4.69) is 25.0 Å².